The molecule has 142 valence electrons. The minimum absolute atomic E-state index is 0.142. The van der Waals surface area contributed by atoms with Gasteiger partial charge in [0.15, 0.2) is 5.65 Å². The average molecular weight is 387 g/mol. The van der Waals surface area contributed by atoms with E-state index in [1.807, 2.05) is 38.1 Å². The van der Waals surface area contributed by atoms with Gasteiger partial charge in [0.1, 0.15) is 5.56 Å². The molecule has 0 fully saturated rings. The van der Waals surface area contributed by atoms with Crippen molar-refractivity contribution >= 4 is 23.2 Å². The Morgan fingerprint density at radius 3 is 2.70 bits per heavy atom. The molecule has 2 N–H and O–H groups in total. The summed E-state index contributed by atoms with van der Waals surface area (Å²) in [5, 5.41) is 8.08. The Morgan fingerprint density at radius 1 is 1.26 bits per heavy atom. The second-order valence-electron chi connectivity index (χ2n) is 7.04. The fourth-order valence-electron chi connectivity index (χ4n) is 3.08. The maximum absolute atomic E-state index is 12.5. The molecule has 0 saturated heterocycles. The maximum Gasteiger partial charge on any atom is 0.256 e. The summed E-state index contributed by atoms with van der Waals surface area (Å²) in [6.45, 7) is 5.43. The smallest absolute Gasteiger partial charge is 0.256 e. The lowest BCUT2D eigenvalue weighted by atomic mass is 10.0. The highest BCUT2D eigenvalue weighted by Gasteiger charge is 2.18. The van der Waals surface area contributed by atoms with Crippen LogP contribution >= 0.6 is 11.6 Å². The normalized spacial score (nSPS) is 11.3. The van der Waals surface area contributed by atoms with Crippen LogP contribution < -0.4 is 10.2 Å². The number of carbonyl (C=O) groups excluding carboxylic acids is 1. The monoisotopic (exact) mass is 386 g/mol. The van der Waals surface area contributed by atoms with Crippen LogP contribution in [0.5, 0.6) is 0 Å². The van der Waals surface area contributed by atoms with Crippen LogP contribution in [0, 0.1) is 13.8 Å². The van der Waals surface area contributed by atoms with Crippen molar-refractivity contribution in [2.45, 2.75) is 20.3 Å². The number of quaternary nitrogens is 1. The maximum atomic E-state index is 12.5. The van der Waals surface area contributed by atoms with Gasteiger partial charge in [0.2, 0.25) is 0 Å². The Hall–Kier alpha value is -2.44. The molecule has 0 atom stereocenters. The molecule has 2 aromatic heterocycles. The Balaban J connectivity index is 1.92. The van der Waals surface area contributed by atoms with Crippen LogP contribution in [0.2, 0.25) is 5.02 Å². The SMILES string of the molecule is Cc1nc2c(C(=O)NCC[NH+](C)C)cnn2c(C)c1Cc1ccccc1Cl. The van der Waals surface area contributed by atoms with Crippen molar-refractivity contribution in [2.75, 3.05) is 27.2 Å². The van der Waals surface area contributed by atoms with Crippen molar-refractivity contribution in [1.82, 2.24) is 19.9 Å². The number of nitrogens with zero attached hydrogens (tertiary/aromatic N) is 3. The van der Waals surface area contributed by atoms with Crippen LogP contribution in [0.4, 0.5) is 0 Å². The van der Waals surface area contributed by atoms with Crippen molar-refractivity contribution in [3.05, 3.63) is 63.6 Å². The number of nitrogens with one attached hydrogen (secondary N) is 2. The second kappa shape index (κ2) is 8.06. The number of hydrogen-bond acceptors (Lipinski definition) is 3. The van der Waals surface area contributed by atoms with E-state index < -0.39 is 0 Å². The predicted octanol–water partition coefficient (Wildman–Crippen LogP) is 1.46. The standard InChI is InChI=1S/C20H24ClN5O/c1-13-16(11-15-7-5-6-8-18(15)21)14(2)26-19(24-13)17(12-23-26)20(27)22-9-10-25(3)4/h5-8,12H,9-11H2,1-4H3,(H,22,27)/p+1. The van der Waals surface area contributed by atoms with E-state index in [4.69, 9.17) is 11.6 Å². The first-order chi connectivity index (χ1) is 12.9. The van der Waals surface area contributed by atoms with E-state index in [9.17, 15) is 4.79 Å². The Morgan fingerprint density at radius 2 is 2.00 bits per heavy atom. The van der Waals surface area contributed by atoms with Crippen molar-refractivity contribution in [3.8, 4) is 0 Å². The molecule has 3 aromatic rings. The van der Waals surface area contributed by atoms with Gasteiger partial charge in [0, 0.05) is 22.8 Å². The second-order valence-corrected chi connectivity index (χ2v) is 7.44. The van der Waals surface area contributed by atoms with Gasteiger partial charge >= 0.3 is 0 Å². The van der Waals surface area contributed by atoms with Gasteiger partial charge in [-0.25, -0.2) is 9.50 Å². The van der Waals surface area contributed by atoms with Crippen LogP contribution in [-0.4, -0.2) is 47.7 Å². The lowest BCUT2D eigenvalue weighted by Gasteiger charge is -2.13. The van der Waals surface area contributed by atoms with E-state index in [2.05, 4.69) is 29.5 Å². The van der Waals surface area contributed by atoms with E-state index in [1.165, 1.54) is 4.90 Å². The quantitative estimate of drug-likeness (QED) is 0.674. The largest absolute Gasteiger partial charge is 0.346 e. The first-order valence-corrected chi connectivity index (χ1v) is 9.40. The molecule has 0 aliphatic carbocycles. The van der Waals surface area contributed by atoms with Gasteiger partial charge < -0.3 is 10.2 Å². The number of carbonyl (C=O) groups is 1. The summed E-state index contributed by atoms with van der Waals surface area (Å²) < 4.78 is 1.74. The highest BCUT2D eigenvalue weighted by atomic mass is 35.5. The van der Waals surface area contributed by atoms with Gasteiger partial charge in [-0.05, 0) is 31.0 Å². The molecular formula is C20H25ClN5O+. The topological polar surface area (TPSA) is 63.7 Å². The Kier molecular flexibility index (Phi) is 5.77. The molecule has 6 nitrogen and oxygen atoms in total. The van der Waals surface area contributed by atoms with Crippen LogP contribution in [0.25, 0.3) is 5.65 Å². The molecule has 7 heteroatoms. The van der Waals surface area contributed by atoms with Crippen LogP contribution in [0.3, 0.4) is 0 Å². The zero-order valence-electron chi connectivity index (χ0n) is 16.1. The number of aromatic nitrogens is 3. The molecule has 0 spiro atoms. The minimum Gasteiger partial charge on any atom is -0.346 e. The summed E-state index contributed by atoms with van der Waals surface area (Å²) in [7, 11) is 4.10. The first kappa shape index (κ1) is 19.3. The number of hydrogen-bond donors (Lipinski definition) is 2. The number of halogens is 1. The zero-order chi connectivity index (χ0) is 19.6. The summed E-state index contributed by atoms with van der Waals surface area (Å²) >= 11 is 6.32. The van der Waals surface area contributed by atoms with E-state index >= 15 is 0 Å². The molecule has 1 aromatic carbocycles. The average Bonchev–Trinajstić information content (AvgIpc) is 3.03. The third kappa shape index (κ3) is 4.12. The van der Waals surface area contributed by atoms with Crippen LogP contribution in [0.1, 0.15) is 32.9 Å². The Labute approximate surface area is 164 Å². The number of aryl methyl sites for hydroxylation is 2. The molecule has 0 radical (unpaired) electrons. The molecule has 0 saturated carbocycles. The van der Waals surface area contributed by atoms with Gasteiger partial charge in [0.05, 0.1) is 33.4 Å². The lowest BCUT2D eigenvalue weighted by molar-refractivity contribution is -0.856. The Bertz CT molecular complexity index is 980. The van der Waals surface area contributed by atoms with Crippen molar-refractivity contribution in [2.24, 2.45) is 0 Å². The highest BCUT2D eigenvalue weighted by molar-refractivity contribution is 6.31. The number of rotatable bonds is 6. The van der Waals surface area contributed by atoms with Crippen molar-refractivity contribution < 1.29 is 9.69 Å². The van der Waals surface area contributed by atoms with E-state index in [0.29, 0.717) is 24.2 Å². The lowest BCUT2D eigenvalue weighted by Crippen LogP contribution is -3.06. The molecule has 1 amide bonds. The van der Waals surface area contributed by atoms with Crippen LogP contribution in [0.15, 0.2) is 30.5 Å². The zero-order valence-corrected chi connectivity index (χ0v) is 16.9. The molecular weight excluding hydrogens is 362 g/mol. The number of likely N-dealkylation sites (N-methyl/N-ethyl adjacent to an activating group) is 1. The molecule has 27 heavy (non-hydrogen) atoms. The minimum atomic E-state index is -0.142. The van der Waals surface area contributed by atoms with Gasteiger partial charge in [-0.15, -0.1) is 0 Å². The summed E-state index contributed by atoms with van der Waals surface area (Å²) in [4.78, 5) is 18.5. The van der Waals surface area contributed by atoms with Gasteiger partial charge in [-0.1, -0.05) is 29.8 Å². The number of benzene rings is 1. The third-order valence-corrected chi connectivity index (χ3v) is 5.06. The summed E-state index contributed by atoms with van der Waals surface area (Å²) in [5.74, 6) is -0.142. The van der Waals surface area contributed by atoms with E-state index in [1.54, 1.807) is 10.7 Å². The fraction of sp³-hybridized carbons (Fsp3) is 0.350. The molecule has 0 unspecified atom stereocenters. The van der Waals surface area contributed by atoms with Crippen molar-refractivity contribution in [1.29, 1.82) is 0 Å². The van der Waals surface area contributed by atoms with E-state index in [-0.39, 0.29) is 5.91 Å². The van der Waals surface area contributed by atoms with Gasteiger partial charge in [-0.2, -0.15) is 5.10 Å². The molecule has 0 aliphatic heterocycles. The van der Waals surface area contributed by atoms with E-state index in [0.717, 1.165) is 34.1 Å². The molecule has 3 rings (SSSR count). The summed E-state index contributed by atoms with van der Waals surface area (Å²) in [6, 6.07) is 7.80. The summed E-state index contributed by atoms with van der Waals surface area (Å²) in [5.41, 5.74) is 5.05. The summed E-state index contributed by atoms with van der Waals surface area (Å²) in [6.07, 6.45) is 2.26. The van der Waals surface area contributed by atoms with Crippen LogP contribution in [-0.2, 0) is 6.42 Å². The number of fused-ring (bicyclic) bond motifs is 1. The molecule has 0 bridgehead atoms. The fourth-order valence-corrected chi connectivity index (χ4v) is 3.28. The number of amides is 1. The first-order valence-electron chi connectivity index (χ1n) is 9.03. The molecule has 0 aliphatic rings. The van der Waals surface area contributed by atoms with Gasteiger partial charge in [-0.3, -0.25) is 4.79 Å². The third-order valence-electron chi connectivity index (χ3n) is 4.69. The molecule has 2 heterocycles. The van der Waals surface area contributed by atoms with Crippen molar-refractivity contribution in [3.63, 3.8) is 0 Å². The van der Waals surface area contributed by atoms with Gasteiger partial charge in [0.25, 0.3) is 5.91 Å². The predicted molar refractivity (Wildman–Crippen MR) is 107 cm³/mol. The highest BCUT2D eigenvalue weighted by Crippen LogP contribution is 2.23.